The molecule has 0 aliphatic carbocycles. The number of carbonyl (C=O) groups is 1. The van der Waals surface area contributed by atoms with E-state index in [1.54, 1.807) is 0 Å². The summed E-state index contributed by atoms with van der Waals surface area (Å²) in [6, 6.07) is 16.2. The molecule has 0 saturated carbocycles. The van der Waals surface area contributed by atoms with Crippen LogP contribution in [0.1, 0.15) is 45.1 Å². The number of furan rings is 1. The summed E-state index contributed by atoms with van der Waals surface area (Å²) in [5.74, 6) is 2.60. The van der Waals surface area contributed by atoms with Crippen molar-refractivity contribution < 1.29 is 18.7 Å². The molecule has 150 valence electrons. The predicted molar refractivity (Wildman–Crippen MR) is 112 cm³/mol. The van der Waals surface area contributed by atoms with Crippen molar-refractivity contribution in [1.29, 1.82) is 0 Å². The summed E-state index contributed by atoms with van der Waals surface area (Å²) in [5.41, 5.74) is 1.94. The van der Waals surface area contributed by atoms with Crippen molar-refractivity contribution in [2.45, 2.75) is 46.4 Å². The van der Waals surface area contributed by atoms with E-state index in [0.717, 1.165) is 40.1 Å². The van der Waals surface area contributed by atoms with Gasteiger partial charge in [0, 0.05) is 11.5 Å². The van der Waals surface area contributed by atoms with Gasteiger partial charge in [-0.05, 0) is 70.6 Å². The van der Waals surface area contributed by atoms with E-state index >= 15 is 0 Å². The molecule has 5 heteroatoms. The van der Waals surface area contributed by atoms with Crippen LogP contribution in [0.5, 0.6) is 11.5 Å². The monoisotopic (exact) mass is 383 g/mol. The lowest BCUT2D eigenvalue weighted by atomic mass is 10.2. The van der Waals surface area contributed by atoms with Crippen molar-refractivity contribution >= 4 is 17.3 Å². The first-order valence-corrected chi connectivity index (χ1v) is 9.45. The Morgan fingerprint density at radius 2 is 1.68 bits per heavy atom. The molecule has 0 spiro atoms. The predicted octanol–water partition coefficient (Wildman–Crippen LogP) is 5.28. The van der Waals surface area contributed by atoms with Gasteiger partial charge in [-0.25, -0.2) is 0 Å². The number of hydrogen-bond acceptors (Lipinski definition) is 5. The Morgan fingerprint density at radius 1 is 1.04 bits per heavy atom. The number of rotatable bonds is 7. The van der Waals surface area contributed by atoms with E-state index in [-0.39, 0.29) is 12.1 Å². The molecule has 1 aromatic heterocycles. The van der Waals surface area contributed by atoms with Crippen molar-refractivity contribution in [3.63, 3.8) is 0 Å². The van der Waals surface area contributed by atoms with Gasteiger partial charge in [-0.2, -0.15) is 0 Å². The third-order valence-electron chi connectivity index (χ3n) is 4.07. The van der Waals surface area contributed by atoms with Gasteiger partial charge in [-0.1, -0.05) is 12.1 Å². The standard InChI is InChI=1S/C21H25NO3.C2H4O/c1-14(2)24-18-8-5-16(6-9-18)13-23-19-10-7-17-11-20(15(3)22-4)25-21(17)12-19;1-2-3/h5-12,14-15,22H,13H2,1-4H3;2H,1H3. The topological polar surface area (TPSA) is 60.7 Å². The van der Waals surface area contributed by atoms with Gasteiger partial charge in [0.1, 0.15) is 35.7 Å². The van der Waals surface area contributed by atoms with Crippen molar-refractivity contribution in [2.24, 2.45) is 0 Å². The summed E-state index contributed by atoms with van der Waals surface area (Å²) in [6.45, 7) is 8.06. The Kier molecular flexibility index (Phi) is 8.08. The highest BCUT2D eigenvalue weighted by Gasteiger charge is 2.10. The normalized spacial score (nSPS) is 11.6. The molecule has 0 amide bonds. The van der Waals surface area contributed by atoms with E-state index in [2.05, 4.69) is 18.3 Å². The first kappa shape index (κ1) is 21.5. The summed E-state index contributed by atoms with van der Waals surface area (Å²) in [7, 11) is 1.92. The fourth-order valence-electron chi connectivity index (χ4n) is 2.58. The highest BCUT2D eigenvalue weighted by atomic mass is 16.5. The molecule has 3 aromatic rings. The molecule has 1 atom stereocenters. The second-order valence-corrected chi connectivity index (χ2v) is 6.69. The minimum absolute atomic E-state index is 0.178. The summed E-state index contributed by atoms with van der Waals surface area (Å²) in [4.78, 5) is 8.81. The number of hydrogen-bond donors (Lipinski definition) is 1. The minimum atomic E-state index is 0.178. The molecule has 3 rings (SSSR count). The van der Waals surface area contributed by atoms with Gasteiger partial charge >= 0.3 is 0 Å². The van der Waals surface area contributed by atoms with E-state index in [9.17, 15) is 0 Å². The van der Waals surface area contributed by atoms with Crippen molar-refractivity contribution in [3.05, 3.63) is 59.9 Å². The largest absolute Gasteiger partial charge is 0.491 e. The van der Waals surface area contributed by atoms with Crippen LogP contribution in [-0.2, 0) is 11.4 Å². The second-order valence-electron chi connectivity index (χ2n) is 6.69. The average Bonchev–Trinajstić information content (AvgIpc) is 3.10. The van der Waals surface area contributed by atoms with Gasteiger partial charge in [0.25, 0.3) is 0 Å². The van der Waals surface area contributed by atoms with E-state index in [1.807, 2.05) is 63.4 Å². The van der Waals surface area contributed by atoms with Gasteiger partial charge in [0.2, 0.25) is 0 Å². The maximum absolute atomic E-state index is 8.81. The summed E-state index contributed by atoms with van der Waals surface area (Å²) >= 11 is 0. The molecule has 0 saturated heterocycles. The molecule has 5 nitrogen and oxygen atoms in total. The maximum atomic E-state index is 8.81. The SMILES string of the molecule is CC=O.CNC(C)c1cc2ccc(OCc3ccc(OC(C)C)cc3)cc2o1. The maximum Gasteiger partial charge on any atom is 0.138 e. The Hall–Kier alpha value is -2.79. The van der Waals surface area contributed by atoms with Crippen molar-refractivity contribution in [2.75, 3.05) is 7.05 Å². The lowest BCUT2D eigenvalue weighted by Gasteiger charge is -2.10. The molecule has 0 aliphatic rings. The van der Waals surface area contributed by atoms with Crippen LogP contribution in [0.25, 0.3) is 11.0 Å². The van der Waals surface area contributed by atoms with Gasteiger partial charge in [0.05, 0.1) is 12.1 Å². The van der Waals surface area contributed by atoms with E-state index in [0.29, 0.717) is 6.61 Å². The first-order valence-electron chi connectivity index (χ1n) is 9.45. The van der Waals surface area contributed by atoms with Crippen LogP contribution in [0.15, 0.2) is 52.9 Å². The molecule has 0 bridgehead atoms. The fourth-order valence-corrected chi connectivity index (χ4v) is 2.58. The lowest BCUT2D eigenvalue weighted by molar-refractivity contribution is -0.106. The Balaban J connectivity index is 0.000000878. The number of fused-ring (bicyclic) bond motifs is 1. The molecule has 28 heavy (non-hydrogen) atoms. The Bertz CT molecular complexity index is 868. The van der Waals surface area contributed by atoms with Crippen LogP contribution in [0.3, 0.4) is 0 Å². The van der Waals surface area contributed by atoms with Crippen LogP contribution in [-0.4, -0.2) is 19.4 Å². The van der Waals surface area contributed by atoms with Crippen LogP contribution >= 0.6 is 0 Å². The number of carbonyl (C=O) groups excluding carboxylic acids is 1. The molecule has 1 heterocycles. The summed E-state index contributed by atoms with van der Waals surface area (Å²) in [5, 5.41) is 4.27. The summed E-state index contributed by atoms with van der Waals surface area (Å²) in [6.07, 6.45) is 0.928. The van der Waals surface area contributed by atoms with Crippen LogP contribution < -0.4 is 14.8 Å². The number of nitrogens with one attached hydrogen (secondary N) is 1. The lowest BCUT2D eigenvalue weighted by Crippen LogP contribution is -2.10. The van der Waals surface area contributed by atoms with Crippen LogP contribution in [0.4, 0.5) is 0 Å². The van der Waals surface area contributed by atoms with Crippen LogP contribution in [0, 0.1) is 0 Å². The molecule has 1 unspecified atom stereocenters. The molecule has 0 fully saturated rings. The first-order chi connectivity index (χ1) is 13.5. The molecule has 0 radical (unpaired) electrons. The fraction of sp³-hybridized carbons (Fsp3) is 0.348. The minimum Gasteiger partial charge on any atom is -0.491 e. The molecule has 2 aromatic carbocycles. The molecular weight excluding hydrogens is 354 g/mol. The zero-order valence-electron chi connectivity index (χ0n) is 17.2. The molecular formula is C23H29NO4. The molecule has 1 N–H and O–H groups in total. The quantitative estimate of drug-likeness (QED) is 0.562. The molecule has 0 aliphatic heterocycles. The zero-order valence-corrected chi connectivity index (χ0v) is 17.2. The number of benzene rings is 2. The number of ether oxygens (including phenoxy) is 2. The van der Waals surface area contributed by atoms with Gasteiger partial charge in [0.15, 0.2) is 0 Å². The highest BCUT2D eigenvalue weighted by molar-refractivity contribution is 5.79. The highest BCUT2D eigenvalue weighted by Crippen LogP contribution is 2.27. The third kappa shape index (κ3) is 6.13. The van der Waals surface area contributed by atoms with Gasteiger partial charge in [-0.15, -0.1) is 0 Å². The Morgan fingerprint density at radius 3 is 2.29 bits per heavy atom. The van der Waals surface area contributed by atoms with E-state index in [4.69, 9.17) is 18.7 Å². The average molecular weight is 383 g/mol. The van der Waals surface area contributed by atoms with E-state index < -0.39 is 0 Å². The second kappa shape index (κ2) is 10.5. The van der Waals surface area contributed by atoms with Gasteiger partial charge < -0.3 is 24.0 Å². The Labute approximate surface area is 166 Å². The van der Waals surface area contributed by atoms with Crippen molar-refractivity contribution in [1.82, 2.24) is 5.32 Å². The van der Waals surface area contributed by atoms with E-state index in [1.165, 1.54) is 6.92 Å². The summed E-state index contributed by atoms with van der Waals surface area (Å²) < 4.78 is 17.5. The van der Waals surface area contributed by atoms with Crippen LogP contribution in [0.2, 0.25) is 0 Å². The number of aldehydes is 1. The van der Waals surface area contributed by atoms with Crippen molar-refractivity contribution in [3.8, 4) is 11.5 Å². The zero-order chi connectivity index (χ0) is 20.5. The third-order valence-corrected chi connectivity index (χ3v) is 4.07. The smallest absolute Gasteiger partial charge is 0.138 e. The van der Waals surface area contributed by atoms with Gasteiger partial charge in [-0.3, -0.25) is 0 Å².